The van der Waals surface area contributed by atoms with Crippen LogP contribution in [0.4, 0.5) is 0 Å². The third-order valence-corrected chi connectivity index (χ3v) is 16.7. The van der Waals surface area contributed by atoms with Gasteiger partial charge in [0.1, 0.15) is 0 Å². The summed E-state index contributed by atoms with van der Waals surface area (Å²) < 4.78 is 0. The number of hydrogen-bond acceptors (Lipinski definition) is 0. The van der Waals surface area contributed by atoms with Gasteiger partial charge in [-0.05, 0) is 179 Å². The summed E-state index contributed by atoms with van der Waals surface area (Å²) in [6.45, 7) is 27.5. The summed E-state index contributed by atoms with van der Waals surface area (Å²) in [6, 6.07) is 36.3. The molecule has 0 spiro atoms. The standard InChI is InChI=1S/C41H47P2.C5H5.Cr/c1-24-16-20-36(32(9)28(24)5)42(37-21-17-25(2)29(6)33(37)10)40-14-13-15-41(40)43(38-22-18-26(3)30(7)34(38)11)39-23-19-27(4)31(8)35(39)12;1-2-4-5-3-1;/h13-23H,1-12H3;1-5H;/q-1;-5;. The predicted octanol–water partition coefficient (Wildman–Crippen LogP) is 10.0. The van der Waals surface area contributed by atoms with E-state index in [1.54, 1.807) is 0 Å². The van der Waals surface area contributed by atoms with E-state index in [1.165, 1.54) is 98.6 Å². The fraction of sp³-hybridized carbons (Fsp3) is 0.261. The topological polar surface area (TPSA) is 0 Å². The molecule has 0 atom stereocenters. The first-order chi connectivity index (χ1) is 22.8. The summed E-state index contributed by atoms with van der Waals surface area (Å²) in [5.74, 6) is 0. The van der Waals surface area contributed by atoms with Crippen molar-refractivity contribution >= 4 is 47.7 Å². The molecule has 0 aromatic heterocycles. The van der Waals surface area contributed by atoms with Gasteiger partial charge >= 0.3 is 0 Å². The minimum absolute atomic E-state index is 0. The number of rotatable bonds is 6. The van der Waals surface area contributed by atoms with Gasteiger partial charge in [-0.15, -0.1) is 10.6 Å². The summed E-state index contributed by atoms with van der Waals surface area (Å²) in [4.78, 5) is 0. The predicted molar refractivity (Wildman–Crippen MR) is 218 cm³/mol. The number of aryl methyl sites for hydroxylation is 4. The van der Waals surface area contributed by atoms with Crippen LogP contribution in [0.5, 0.6) is 0 Å². The molecule has 6 rings (SSSR count). The molecule has 0 radical (unpaired) electrons. The smallest absolute Gasteiger partial charge is 0 e. The van der Waals surface area contributed by atoms with Crippen molar-refractivity contribution in [2.45, 2.75) is 83.1 Å². The van der Waals surface area contributed by atoms with Gasteiger partial charge in [0.15, 0.2) is 0 Å². The van der Waals surface area contributed by atoms with Crippen LogP contribution < -0.4 is 31.8 Å². The second kappa shape index (κ2) is 16.3. The molecule has 258 valence electrons. The zero-order valence-electron chi connectivity index (χ0n) is 31.5. The van der Waals surface area contributed by atoms with Gasteiger partial charge in [0.2, 0.25) is 0 Å². The van der Waals surface area contributed by atoms with Crippen LogP contribution in [0.15, 0.2) is 97.1 Å². The quantitative estimate of drug-likeness (QED) is 0.119. The molecule has 0 unspecified atom stereocenters. The van der Waals surface area contributed by atoms with Crippen LogP contribution >= 0.6 is 15.8 Å². The van der Waals surface area contributed by atoms with E-state index in [9.17, 15) is 0 Å². The Bertz CT molecular complexity index is 1790. The minimum Gasteiger partial charge on any atom is -0.748 e. The van der Waals surface area contributed by atoms with Crippen LogP contribution in [0.25, 0.3) is 0 Å². The van der Waals surface area contributed by atoms with E-state index in [2.05, 4.69) is 150 Å². The first-order valence-electron chi connectivity index (χ1n) is 17.1. The SMILES string of the molecule is Cc1ccc(P(c2ccc(C)c(C)c2C)c2ccc[c-]2P(c2ccc(C)c(C)c2C)c2ccc(C)c(C)c2C)c(C)c1C.[Cr].[cH-]1[cH-][cH-][cH-][cH-]1. The van der Waals surface area contributed by atoms with Crippen molar-refractivity contribution in [2.75, 3.05) is 0 Å². The monoisotopic (exact) mass is 718 g/mol. The Morgan fingerprint density at radius 2 is 0.694 bits per heavy atom. The summed E-state index contributed by atoms with van der Waals surface area (Å²) in [7, 11) is -1.55. The summed E-state index contributed by atoms with van der Waals surface area (Å²) in [5.41, 5.74) is 16.9. The van der Waals surface area contributed by atoms with Crippen molar-refractivity contribution in [1.29, 1.82) is 0 Å². The van der Waals surface area contributed by atoms with Gasteiger partial charge in [-0.1, -0.05) is 56.5 Å². The van der Waals surface area contributed by atoms with Crippen molar-refractivity contribution in [3.05, 3.63) is 164 Å². The van der Waals surface area contributed by atoms with Crippen molar-refractivity contribution in [1.82, 2.24) is 0 Å². The molecule has 0 fully saturated rings. The normalized spacial score (nSPS) is 11.1. The molecule has 6 aromatic carbocycles. The van der Waals surface area contributed by atoms with Crippen molar-refractivity contribution in [3.8, 4) is 0 Å². The molecule has 49 heavy (non-hydrogen) atoms. The molecule has 0 saturated heterocycles. The number of hydrogen-bond donors (Lipinski definition) is 0. The molecule has 3 heteroatoms. The van der Waals surface area contributed by atoms with Gasteiger partial charge < -0.3 is 30.3 Å². The molecule has 0 saturated carbocycles. The molecular formula is C46H52CrP2-6. The summed E-state index contributed by atoms with van der Waals surface area (Å²) in [6.07, 6.45) is 0. The second-order valence-corrected chi connectivity index (χ2v) is 17.8. The van der Waals surface area contributed by atoms with Gasteiger partial charge in [0.05, 0.1) is 0 Å². The summed E-state index contributed by atoms with van der Waals surface area (Å²) >= 11 is 0. The third kappa shape index (κ3) is 7.68. The van der Waals surface area contributed by atoms with E-state index < -0.39 is 15.8 Å². The second-order valence-electron chi connectivity index (χ2n) is 13.5. The maximum atomic E-state index is 2.45. The van der Waals surface area contributed by atoms with Gasteiger partial charge in [0, 0.05) is 17.4 Å². The van der Waals surface area contributed by atoms with Crippen LogP contribution in [0.3, 0.4) is 0 Å². The first-order valence-corrected chi connectivity index (χ1v) is 19.8. The van der Waals surface area contributed by atoms with Gasteiger partial charge in [-0.3, -0.25) is 0 Å². The van der Waals surface area contributed by atoms with Gasteiger partial charge in [-0.2, -0.15) is 6.07 Å². The summed E-state index contributed by atoms with van der Waals surface area (Å²) in [5, 5.41) is 8.96. The van der Waals surface area contributed by atoms with Crippen LogP contribution in [0.2, 0.25) is 0 Å². The Morgan fingerprint density at radius 3 is 1.04 bits per heavy atom. The van der Waals surface area contributed by atoms with Crippen molar-refractivity contribution < 1.29 is 17.4 Å². The molecule has 0 bridgehead atoms. The average molecular weight is 719 g/mol. The van der Waals surface area contributed by atoms with E-state index in [1.807, 2.05) is 30.3 Å². The molecule has 0 heterocycles. The van der Waals surface area contributed by atoms with E-state index in [-0.39, 0.29) is 17.4 Å². The molecule has 0 aliphatic heterocycles. The molecule has 0 aliphatic rings. The van der Waals surface area contributed by atoms with Crippen LogP contribution in [0.1, 0.15) is 66.8 Å². The molecule has 0 nitrogen and oxygen atoms in total. The van der Waals surface area contributed by atoms with E-state index >= 15 is 0 Å². The third-order valence-electron chi connectivity index (χ3n) is 10.9. The largest absolute Gasteiger partial charge is 0.748 e. The fourth-order valence-corrected chi connectivity index (χ4v) is 12.8. The van der Waals surface area contributed by atoms with E-state index in [4.69, 9.17) is 0 Å². The van der Waals surface area contributed by atoms with Crippen molar-refractivity contribution in [3.63, 3.8) is 0 Å². The van der Waals surface area contributed by atoms with Gasteiger partial charge in [-0.25, -0.2) is 12.1 Å². The number of benzene rings is 4. The first kappa shape index (κ1) is 38.8. The Morgan fingerprint density at radius 1 is 0.388 bits per heavy atom. The average Bonchev–Trinajstić information content (AvgIpc) is 3.81. The Kier molecular flexibility index (Phi) is 12.9. The molecule has 0 N–H and O–H groups in total. The zero-order chi connectivity index (χ0) is 34.9. The van der Waals surface area contributed by atoms with E-state index in [0.29, 0.717) is 0 Å². The maximum Gasteiger partial charge on any atom is 0 e. The van der Waals surface area contributed by atoms with Crippen molar-refractivity contribution in [2.24, 2.45) is 0 Å². The van der Waals surface area contributed by atoms with Crippen LogP contribution in [-0.2, 0) is 17.4 Å². The molecular weight excluding hydrogens is 666 g/mol. The maximum absolute atomic E-state index is 2.45. The fourth-order valence-electron chi connectivity index (χ4n) is 6.61. The molecule has 0 amide bonds. The minimum atomic E-state index is -0.773. The Balaban J connectivity index is 0.000000826. The molecule has 6 aromatic rings. The Hall–Kier alpha value is -3.03. The van der Waals surface area contributed by atoms with E-state index in [0.717, 1.165) is 0 Å². The molecule has 0 aliphatic carbocycles. The van der Waals surface area contributed by atoms with Crippen LogP contribution in [-0.4, -0.2) is 0 Å². The van der Waals surface area contributed by atoms with Gasteiger partial charge in [0.25, 0.3) is 0 Å². The Labute approximate surface area is 310 Å². The zero-order valence-corrected chi connectivity index (χ0v) is 34.6. The van der Waals surface area contributed by atoms with Crippen LogP contribution in [0, 0.1) is 83.1 Å².